The summed E-state index contributed by atoms with van der Waals surface area (Å²) in [6.45, 7) is 2.62. The van der Waals surface area contributed by atoms with Crippen LogP contribution in [0.5, 0.6) is 0 Å². The lowest BCUT2D eigenvalue weighted by Crippen LogP contribution is -2.49. The van der Waals surface area contributed by atoms with Crippen LogP contribution < -0.4 is 0 Å². The monoisotopic (exact) mass is 228 g/mol. The molecule has 0 bridgehead atoms. The first-order chi connectivity index (χ1) is 7.49. The summed E-state index contributed by atoms with van der Waals surface area (Å²) in [5.41, 5.74) is 0. The van der Waals surface area contributed by atoms with Crippen molar-refractivity contribution in [2.45, 2.75) is 31.8 Å². The molecular formula is C11H20N2O3. The molecule has 1 fully saturated rings. The normalized spacial score (nSPS) is 22.9. The SMILES string of the molecule is COC(=O)C1CCCN1C(C)C(=O)N(C)C. The van der Waals surface area contributed by atoms with Gasteiger partial charge in [-0.3, -0.25) is 14.5 Å². The van der Waals surface area contributed by atoms with E-state index in [9.17, 15) is 9.59 Å². The number of hydrogen-bond acceptors (Lipinski definition) is 4. The highest BCUT2D eigenvalue weighted by Gasteiger charge is 2.37. The summed E-state index contributed by atoms with van der Waals surface area (Å²) in [4.78, 5) is 26.8. The van der Waals surface area contributed by atoms with Gasteiger partial charge in [-0.25, -0.2) is 0 Å². The minimum absolute atomic E-state index is 0.0239. The number of methoxy groups -OCH3 is 1. The minimum atomic E-state index is -0.262. The second-order valence-corrected chi connectivity index (χ2v) is 4.33. The molecule has 0 aromatic carbocycles. The predicted octanol–water partition coefficient (Wildman–Crippen LogP) is 0.100. The highest BCUT2D eigenvalue weighted by molar-refractivity contribution is 5.83. The first-order valence-corrected chi connectivity index (χ1v) is 5.53. The van der Waals surface area contributed by atoms with Crippen molar-refractivity contribution in [2.24, 2.45) is 0 Å². The van der Waals surface area contributed by atoms with Crippen LogP contribution in [0.25, 0.3) is 0 Å². The van der Waals surface area contributed by atoms with Crippen LogP contribution in [0.4, 0.5) is 0 Å². The van der Waals surface area contributed by atoms with Crippen molar-refractivity contribution in [3.8, 4) is 0 Å². The maximum absolute atomic E-state index is 11.8. The van der Waals surface area contributed by atoms with Gasteiger partial charge in [-0.05, 0) is 26.3 Å². The molecule has 0 aliphatic carbocycles. The first-order valence-electron chi connectivity index (χ1n) is 5.53. The second kappa shape index (κ2) is 5.30. The Morgan fingerprint density at radius 1 is 1.44 bits per heavy atom. The van der Waals surface area contributed by atoms with E-state index in [2.05, 4.69) is 0 Å². The van der Waals surface area contributed by atoms with Gasteiger partial charge in [0.05, 0.1) is 13.2 Å². The lowest BCUT2D eigenvalue weighted by molar-refractivity contribution is -0.148. The molecule has 2 unspecified atom stereocenters. The van der Waals surface area contributed by atoms with E-state index in [1.165, 1.54) is 7.11 Å². The van der Waals surface area contributed by atoms with Crippen molar-refractivity contribution >= 4 is 11.9 Å². The molecule has 0 aromatic heterocycles. The summed E-state index contributed by atoms with van der Waals surface area (Å²) < 4.78 is 4.75. The average molecular weight is 228 g/mol. The third-order valence-electron chi connectivity index (χ3n) is 3.06. The summed E-state index contributed by atoms with van der Waals surface area (Å²) in [6.07, 6.45) is 1.71. The van der Waals surface area contributed by atoms with Gasteiger partial charge in [0.1, 0.15) is 6.04 Å². The summed E-state index contributed by atoms with van der Waals surface area (Å²) in [5, 5.41) is 0. The van der Waals surface area contributed by atoms with Crippen LogP contribution in [-0.2, 0) is 14.3 Å². The largest absolute Gasteiger partial charge is 0.468 e. The van der Waals surface area contributed by atoms with Gasteiger partial charge in [0, 0.05) is 14.1 Å². The fourth-order valence-electron chi connectivity index (χ4n) is 2.16. The van der Waals surface area contributed by atoms with E-state index < -0.39 is 0 Å². The Labute approximate surface area is 96.3 Å². The molecule has 1 aliphatic heterocycles. The Hall–Kier alpha value is -1.10. The first kappa shape index (κ1) is 13.0. The van der Waals surface area contributed by atoms with Crippen molar-refractivity contribution in [3.05, 3.63) is 0 Å². The number of nitrogens with zero attached hydrogens (tertiary/aromatic N) is 2. The van der Waals surface area contributed by atoms with E-state index in [1.54, 1.807) is 19.0 Å². The lowest BCUT2D eigenvalue weighted by atomic mass is 10.2. The van der Waals surface area contributed by atoms with E-state index in [1.807, 2.05) is 11.8 Å². The van der Waals surface area contributed by atoms with E-state index in [4.69, 9.17) is 4.74 Å². The van der Waals surface area contributed by atoms with E-state index in [0.717, 1.165) is 19.4 Å². The molecule has 1 amide bonds. The standard InChI is InChI=1S/C11H20N2O3/c1-8(10(14)12(2)3)13-7-5-6-9(13)11(15)16-4/h8-9H,5-7H2,1-4H3. The molecule has 1 heterocycles. The molecule has 0 N–H and O–H groups in total. The molecule has 5 nitrogen and oxygen atoms in total. The van der Waals surface area contributed by atoms with Gasteiger partial charge >= 0.3 is 5.97 Å². The van der Waals surface area contributed by atoms with Gasteiger partial charge in [-0.2, -0.15) is 0 Å². The smallest absolute Gasteiger partial charge is 0.323 e. The quantitative estimate of drug-likeness (QED) is 0.643. The maximum atomic E-state index is 11.8. The number of carbonyl (C=O) groups is 2. The fraction of sp³-hybridized carbons (Fsp3) is 0.818. The van der Waals surface area contributed by atoms with Crippen LogP contribution in [-0.4, -0.2) is 61.5 Å². The molecule has 0 spiro atoms. The Morgan fingerprint density at radius 3 is 2.56 bits per heavy atom. The van der Waals surface area contributed by atoms with Gasteiger partial charge in [0.2, 0.25) is 5.91 Å². The predicted molar refractivity (Wildman–Crippen MR) is 59.9 cm³/mol. The fourth-order valence-corrected chi connectivity index (χ4v) is 2.16. The van der Waals surface area contributed by atoms with E-state index in [-0.39, 0.29) is 24.0 Å². The van der Waals surface area contributed by atoms with Gasteiger partial charge in [0.25, 0.3) is 0 Å². The molecule has 0 radical (unpaired) electrons. The van der Waals surface area contributed by atoms with Crippen LogP contribution >= 0.6 is 0 Å². The number of likely N-dealkylation sites (tertiary alicyclic amines) is 1. The topological polar surface area (TPSA) is 49.9 Å². The minimum Gasteiger partial charge on any atom is -0.468 e. The zero-order valence-corrected chi connectivity index (χ0v) is 10.4. The molecule has 2 atom stereocenters. The van der Waals surface area contributed by atoms with Gasteiger partial charge in [-0.15, -0.1) is 0 Å². The molecule has 5 heteroatoms. The van der Waals surface area contributed by atoms with Crippen LogP contribution in [0.2, 0.25) is 0 Å². The van der Waals surface area contributed by atoms with Crippen molar-refractivity contribution in [1.82, 2.24) is 9.80 Å². The van der Waals surface area contributed by atoms with Gasteiger partial charge < -0.3 is 9.64 Å². The number of likely N-dealkylation sites (N-methyl/N-ethyl adjacent to an activating group) is 1. The van der Waals surface area contributed by atoms with Crippen LogP contribution in [0, 0.1) is 0 Å². The Bertz CT molecular complexity index is 278. The second-order valence-electron chi connectivity index (χ2n) is 4.33. The molecule has 0 aromatic rings. The Kier molecular flexibility index (Phi) is 4.29. The zero-order valence-electron chi connectivity index (χ0n) is 10.4. The number of amides is 1. The van der Waals surface area contributed by atoms with Crippen molar-refractivity contribution in [2.75, 3.05) is 27.7 Å². The van der Waals surface area contributed by atoms with Crippen LogP contribution in [0.1, 0.15) is 19.8 Å². The Balaban J connectivity index is 2.71. The van der Waals surface area contributed by atoms with E-state index in [0.29, 0.717) is 0 Å². The molecule has 1 saturated heterocycles. The number of ether oxygens (including phenoxy) is 1. The summed E-state index contributed by atoms with van der Waals surface area (Å²) in [5.74, 6) is -0.216. The lowest BCUT2D eigenvalue weighted by Gasteiger charge is -2.29. The number of esters is 1. The summed E-state index contributed by atoms with van der Waals surface area (Å²) >= 11 is 0. The molecule has 1 aliphatic rings. The maximum Gasteiger partial charge on any atom is 0.323 e. The Morgan fingerprint density at radius 2 is 2.06 bits per heavy atom. The average Bonchev–Trinajstić information content (AvgIpc) is 2.74. The highest BCUT2D eigenvalue weighted by atomic mass is 16.5. The molecular weight excluding hydrogens is 208 g/mol. The van der Waals surface area contributed by atoms with Crippen molar-refractivity contribution in [3.63, 3.8) is 0 Å². The number of carbonyl (C=O) groups excluding carboxylic acids is 2. The van der Waals surface area contributed by atoms with Gasteiger partial charge in [0.15, 0.2) is 0 Å². The third kappa shape index (κ3) is 2.52. The molecule has 1 rings (SSSR count). The number of rotatable bonds is 3. The zero-order chi connectivity index (χ0) is 12.3. The molecule has 0 saturated carbocycles. The van der Waals surface area contributed by atoms with Crippen molar-refractivity contribution in [1.29, 1.82) is 0 Å². The van der Waals surface area contributed by atoms with Crippen LogP contribution in [0.3, 0.4) is 0 Å². The molecule has 16 heavy (non-hydrogen) atoms. The highest BCUT2D eigenvalue weighted by Crippen LogP contribution is 2.21. The number of hydrogen-bond donors (Lipinski definition) is 0. The molecule has 92 valence electrons. The van der Waals surface area contributed by atoms with Gasteiger partial charge in [-0.1, -0.05) is 0 Å². The summed E-state index contributed by atoms with van der Waals surface area (Å²) in [7, 11) is 4.83. The summed E-state index contributed by atoms with van der Waals surface area (Å²) in [6, 6.07) is -0.523. The van der Waals surface area contributed by atoms with Crippen molar-refractivity contribution < 1.29 is 14.3 Å². The third-order valence-corrected chi connectivity index (χ3v) is 3.06. The van der Waals surface area contributed by atoms with E-state index >= 15 is 0 Å². The van der Waals surface area contributed by atoms with Crippen LogP contribution in [0.15, 0.2) is 0 Å².